The number of piperidine rings is 1. The molecule has 2 aliphatic rings. The van der Waals surface area contributed by atoms with Crippen molar-refractivity contribution in [2.75, 3.05) is 13.1 Å². The van der Waals surface area contributed by atoms with Gasteiger partial charge in [0.25, 0.3) is 0 Å². The van der Waals surface area contributed by atoms with E-state index in [2.05, 4.69) is 28.1 Å². The van der Waals surface area contributed by atoms with E-state index in [-0.39, 0.29) is 11.8 Å². The third-order valence-corrected chi connectivity index (χ3v) is 6.04. The number of rotatable bonds is 1. The molecule has 4 rings (SSSR count). The highest BCUT2D eigenvalue weighted by molar-refractivity contribution is 9.10. The predicted octanol–water partition coefficient (Wildman–Crippen LogP) is 7.83. The SMILES string of the molecule is CC.CC.CC.CC.CC(=O)N1CCC(C2c3ncccc3CCc3cc(Br)cnc32)CC1. The lowest BCUT2D eigenvalue weighted by Crippen LogP contribution is -2.39. The van der Waals surface area contributed by atoms with Crippen LogP contribution in [0.3, 0.4) is 0 Å². The molecule has 2 aromatic heterocycles. The molecule has 33 heavy (non-hydrogen) atoms. The van der Waals surface area contributed by atoms with E-state index in [1.54, 1.807) is 6.92 Å². The third-order valence-electron chi connectivity index (χ3n) is 5.60. The number of hydrogen-bond acceptors (Lipinski definition) is 3. The van der Waals surface area contributed by atoms with Gasteiger partial charge in [0.2, 0.25) is 5.91 Å². The first kappa shape index (κ1) is 31.2. The van der Waals surface area contributed by atoms with Gasteiger partial charge in [-0.1, -0.05) is 61.5 Å². The fourth-order valence-corrected chi connectivity index (χ4v) is 4.69. The normalized spacial score (nSPS) is 16.3. The van der Waals surface area contributed by atoms with Gasteiger partial charge in [0.05, 0.1) is 11.4 Å². The van der Waals surface area contributed by atoms with Gasteiger partial charge < -0.3 is 4.90 Å². The summed E-state index contributed by atoms with van der Waals surface area (Å²) >= 11 is 3.57. The lowest BCUT2D eigenvalue weighted by atomic mass is 9.78. The van der Waals surface area contributed by atoms with Crippen molar-refractivity contribution < 1.29 is 4.79 Å². The molecule has 1 aliphatic carbocycles. The Morgan fingerprint density at radius 1 is 0.909 bits per heavy atom. The number of carbonyl (C=O) groups is 1. The molecule has 0 bridgehead atoms. The summed E-state index contributed by atoms with van der Waals surface area (Å²) in [4.78, 5) is 23.2. The standard InChI is InChI=1S/C20H22BrN3O.4C2H6/c1-13(25)24-9-6-14(7-10-24)18-19-15(3-2-8-22-19)4-5-16-11-17(21)12-23-20(16)18;4*1-2/h2-3,8,11-12,14,18H,4-7,9-10H2,1H3;4*1-2H3. The smallest absolute Gasteiger partial charge is 0.219 e. The zero-order valence-electron chi connectivity index (χ0n) is 22.4. The number of halogens is 1. The Labute approximate surface area is 211 Å². The van der Waals surface area contributed by atoms with Crippen molar-refractivity contribution in [3.05, 3.63) is 57.6 Å². The fraction of sp³-hybridized carbons (Fsp3) is 0.607. The van der Waals surface area contributed by atoms with E-state index in [9.17, 15) is 4.79 Å². The van der Waals surface area contributed by atoms with Crippen molar-refractivity contribution in [1.82, 2.24) is 14.9 Å². The highest BCUT2D eigenvalue weighted by atomic mass is 79.9. The number of pyridine rings is 2. The third kappa shape index (κ3) is 8.51. The van der Waals surface area contributed by atoms with E-state index in [4.69, 9.17) is 9.97 Å². The van der Waals surface area contributed by atoms with Crippen LogP contribution in [-0.2, 0) is 17.6 Å². The Kier molecular flexibility index (Phi) is 16.8. The number of carbonyl (C=O) groups excluding carboxylic acids is 1. The molecule has 2 aromatic rings. The Morgan fingerprint density at radius 2 is 1.45 bits per heavy atom. The molecular weight excluding hydrogens is 474 g/mol. The van der Waals surface area contributed by atoms with Gasteiger partial charge in [-0.2, -0.15) is 0 Å². The molecule has 0 radical (unpaired) electrons. The number of fused-ring (bicyclic) bond motifs is 2. The topological polar surface area (TPSA) is 46.1 Å². The number of likely N-dealkylation sites (tertiary alicyclic amines) is 1. The van der Waals surface area contributed by atoms with Crippen LogP contribution in [0.1, 0.15) is 104 Å². The molecule has 0 spiro atoms. The molecule has 186 valence electrons. The summed E-state index contributed by atoms with van der Waals surface area (Å²) in [5.41, 5.74) is 5.04. The first-order valence-corrected chi connectivity index (χ1v) is 13.8. The van der Waals surface area contributed by atoms with E-state index in [0.29, 0.717) is 5.92 Å². The zero-order valence-corrected chi connectivity index (χ0v) is 24.0. The molecule has 1 aliphatic heterocycles. The zero-order chi connectivity index (χ0) is 25.4. The molecule has 3 heterocycles. The molecule has 1 amide bonds. The summed E-state index contributed by atoms with van der Waals surface area (Å²) < 4.78 is 1.04. The molecule has 1 saturated heterocycles. The van der Waals surface area contributed by atoms with Gasteiger partial charge in [-0.3, -0.25) is 14.8 Å². The summed E-state index contributed by atoms with van der Waals surface area (Å²) in [5.74, 6) is 0.894. The van der Waals surface area contributed by atoms with Crippen LogP contribution in [0.25, 0.3) is 0 Å². The quantitative estimate of drug-likeness (QED) is 0.385. The monoisotopic (exact) mass is 519 g/mol. The van der Waals surface area contributed by atoms with Crippen LogP contribution in [0.2, 0.25) is 0 Å². The maximum atomic E-state index is 11.7. The van der Waals surface area contributed by atoms with Crippen LogP contribution < -0.4 is 0 Å². The van der Waals surface area contributed by atoms with Gasteiger partial charge in [0.15, 0.2) is 0 Å². The molecule has 4 nitrogen and oxygen atoms in total. The minimum Gasteiger partial charge on any atom is -0.343 e. The Balaban J connectivity index is 0.00000116. The van der Waals surface area contributed by atoms with Gasteiger partial charge in [0, 0.05) is 42.8 Å². The first-order chi connectivity index (χ1) is 16.1. The molecule has 0 aromatic carbocycles. The summed E-state index contributed by atoms with van der Waals surface area (Å²) in [7, 11) is 0. The van der Waals surface area contributed by atoms with E-state index in [0.717, 1.165) is 43.2 Å². The molecular formula is C28H46BrN3O. The second-order valence-electron chi connectivity index (χ2n) is 7.07. The van der Waals surface area contributed by atoms with E-state index in [1.165, 1.54) is 22.5 Å². The Hall–Kier alpha value is -1.75. The van der Waals surface area contributed by atoms with Gasteiger partial charge in [-0.25, -0.2) is 0 Å². The summed E-state index contributed by atoms with van der Waals surface area (Å²) in [5, 5.41) is 0. The summed E-state index contributed by atoms with van der Waals surface area (Å²) in [6.45, 7) is 19.3. The van der Waals surface area contributed by atoms with Gasteiger partial charge in [-0.05, 0) is 70.8 Å². The minimum atomic E-state index is 0.181. The molecule has 1 unspecified atom stereocenters. The van der Waals surface area contributed by atoms with Gasteiger partial charge in [0.1, 0.15) is 0 Å². The molecule has 1 atom stereocenters. The Bertz CT molecular complexity index is 801. The van der Waals surface area contributed by atoms with Crippen LogP contribution in [0.4, 0.5) is 0 Å². The van der Waals surface area contributed by atoms with Crippen LogP contribution in [0, 0.1) is 5.92 Å². The Morgan fingerprint density at radius 3 is 2.03 bits per heavy atom. The molecule has 1 fully saturated rings. The van der Waals surface area contributed by atoms with E-state index in [1.807, 2.05) is 78.7 Å². The summed E-state index contributed by atoms with van der Waals surface area (Å²) in [6, 6.07) is 6.46. The minimum absolute atomic E-state index is 0.181. The largest absolute Gasteiger partial charge is 0.343 e. The second kappa shape index (κ2) is 17.7. The van der Waals surface area contributed by atoms with Crippen molar-refractivity contribution in [2.24, 2.45) is 5.92 Å². The van der Waals surface area contributed by atoms with Crippen LogP contribution in [0.15, 0.2) is 35.1 Å². The number of amides is 1. The number of hydrogen-bond donors (Lipinski definition) is 0. The van der Waals surface area contributed by atoms with Crippen molar-refractivity contribution in [2.45, 2.75) is 93.9 Å². The van der Waals surface area contributed by atoms with Crippen LogP contribution in [0.5, 0.6) is 0 Å². The predicted molar refractivity (Wildman–Crippen MR) is 146 cm³/mol. The van der Waals surface area contributed by atoms with Crippen LogP contribution >= 0.6 is 15.9 Å². The summed E-state index contributed by atoms with van der Waals surface area (Å²) in [6.07, 6.45) is 7.85. The second-order valence-corrected chi connectivity index (χ2v) is 7.98. The average molecular weight is 521 g/mol. The maximum absolute atomic E-state index is 11.7. The number of aryl methyl sites for hydroxylation is 2. The van der Waals surface area contributed by atoms with Crippen molar-refractivity contribution in [3.8, 4) is 0 Å². The van der Waals surface area contributed by atoms with Gasteiger partial charge in [-0.15, -0.1) is 0 Å². The molecule has 0 saturated carbocycles. The molecule has 5 heteroatoms. The van der Waals surface area contributed by atoms with E-state index >= 15 is 0 Å². The van der Waals surface area contributed by atoms with E-state index < -0.39 is 0 Å². The van der Waals surface area contributed by atoms with Crippen LogP contribution in [-0.4, -0.2) is 33.9 Å². The lowest BCUT2D eigenvalue weighted by Gasteiger charge is -2.35. The highest BCUT2D eigenvalue weighted by Gasteiger charge is 2.35. The first-order valence-electron chi connectivity index (χ1n) is 13.0. The lowest BCUT2D eigenvalue weighted by molar-refractivity contribution is -0.130. The average Bonchev–Trinajstić information content (AvgIpc) is 3.05. The molecule has 0 N–H and O–H groups in total. The fourth-order valence-electron chi connectivity index (χ4n) is 4.31. The highest BCUT2D eigenvalue weighted by Crippen LogP contribution is 2.41. The van der Waals surface area contributed by atoms with Gasteiger partial charge >= 0.3 is 0 Å². The number of nitrogens with zero attached hydrogens (tertiary/aromatic N) is 3. The number of aromatic nitrogens is 2. The maximum Gasteiger partial charge on any atom is 0.219 e. The van der Waals surface area contributed by atoms with Crippen molar-refractivity contribution in [3.63, 3.8) is 0 Å². The van der Waals surface area contributed by atoms with Crippen molar-refractivity contribution in [1.29, 1.82) is 0 Å². The van der Waals surface area contributed by atoms with Crippen molar-refractivity contribution >= 4 is 21.8 Å².